The van der Waals surface area contributed by atoms with Crippen molar-refractivity contribution in [3.05, 3.63) is 35.4 Å². The minimum Gasteiger partial charge on any atom is -0.493 e. The number of benzene rings is 1. The fraction of sp³-hybridized carbons (Fsp3) is 0.214. The van der Waals surface area contributed by atoms with Crippen molar-refractivity contribution in [2.75, 3.05) is 14.2 Å². The third kappa shape index (κ3) is 2.40. The van der Waals surface area contributed by atoms with E-state index in [4.69, 9.17) is 9.47 Å². The average Bonchev–Trinajstić information content (AvgIpc) is 2.77. The fourth-order valence-electron chi connectivity index (χ4n) is 1.86. The molecule has 0 heterocycles. The molecule has 98 valence electrons. The number of hydrogen-bond donors (Lipinski definition) is 0. The first-order valence-electron chi connectivity index (χ1n) is 5.61. The lowest BCUT2D eigenvalue weighted by Crippen LogP contribution is -2.05. The summed E-state index contributed by atoms with van der Waals surface area (Å²) < 4.78 is 10.2. The second-order valence-electron chi connectivity index (χ2n) is 4.03. The molecule has 0 unspecified atom stereocenters. The number of methoxy groups -OCH3 is 2. The van der Waals surface area contributed by atoms with Gasteiger partial charge < -0.3 is 9.47 Å². The molecule has 0 aliphatic heterocycles. The molecule has 0 aromatic heterocycles. The Hall–Kier alpha value is -2.43. The van der Waals surface area contributed by atoms with E-state index in [1.165, 1.54) is 20.3 Å². The van der Waals surface area contributed by atoms with Gasteiger partial charge in [-0.25, -0.2) is 0 Å². The highest BCUT2D eigenvalue weighted by Crippen LogP contribution is 2.29. The molecule has 0 atom stereocenters. The second-order valence-corrected chi connectivity index (χ2v) is 4.03. The maximum absolute atomic E-state index is 12.1. The number of ether oxygens (including phenoxy) is 2. The number of carbonyl (C=O) groups is 3. The van der Waals surface area contributed by atoms with Gasteiger partial charge in [-0.05, 0) is 24.3 Å². The minimum atomic E-state index is -0.621. The highest BCUT2D eigenvalue weighted by Gasteiger charge is 2.27. The van der Waals surface area contributed by atoms with E-state index in [1.54, 1.807) is 12.1 Å². The first kappa shape index (κ1) is 13.0. The number of carbonyl (C=O) groups excluding carboxylic acids is 3. The lowest BCUT2D eigenvalue weighted by molar-refractivity contribution is -0.132. The SMILES string of the molecule is COc1ccc(C(=O)C2=CC(=O)C(=O)C2)cc1OC. The smallest absolute Gasteiger partial charge is 0.222 e. The number of allylic oxidation sites excluding steroid dienone is 2. The van der Waals surface area contributed by atoms with Crippen molar-refractivity contribution in [3.63, 3.8) is 0 Å². The largest absolute Gasteiger partial charge is 0.493 e. The maximum atomic E-state index is 12.1. The van der Waals surface area contributed by atoms with Crippen molar-refractivity contribution < 1.29 is 23.9 Å². The van der Waals surface area contributed by atoms with Gasteiger partial charge in [0.25, 0.3) is 0 Å². The monoisotopic (exact) mass is 260 g/mol. The van der Waals surface area contributed by atoms with E-state index < -0.39 is 11.6 Å². The Bertz CT molecular complexity index is 598. The molecule has 5 heteroatoms. The van der Waals surface area contributed by atoms with Crippen LogP contribution in [0.5, 0.6) is 11.5 Å². The van der Waals surface area contributed by atoms with Crippen LogP contribution in [0.25, 0.3) is 0 Å². The Morgan fingerprint density at radius 3 is 2.32 bits per heavy atom. The van der Waals surface area contributed by atoms with Crippen LogP contribution in [0.1, 0.15) is 16.8 Å². The molecule has 1 aromatic rings. The first-order chi connectivity index (χ1) is 9.06. The van der Waals surface area contributed by atoms with Crippen molar-refractivity contribution in [2.24, 2.45) is 0 Å². The molecule has 19 heavy (non-hydrogen) atoms. The van der Waals surface area contributed by atoms with Crippen LogP contribution in [0.15, 0.2) is 29.8 Å². The predicted molar refractivity (Wildman–Crippen MR) is 66.6 cm³/mol. The van der Waals surface area contributed by atoms with Crippen molar-refractivity contribution >= 4 is 17.3 Å². The van der Waals surface area contributed by atoms with E-state index >= 15 is 0 Å². The molecule has 1 aliphatic carbocycles. The molecule has 2 rings (SSSR count). The van der Waals surface area contributed by atoms with Gasteiger partial charge in [-0.1, -0.05) is 0 Å². The summed E-state index contributed by atoms with van der Waals surface area (Å²) in [6.45, 7) is 0. The summed E-state index contributed by atoms with van der Waals surface area (Å²) in [7, 11) is 2.96. The number of Topliss-reactive ketones (excluding diaryl/α,β-unsaturated/α-hetero) is 2. The molecule has 0 saturated heterocycles. The summed E-state index contributed by atoms with van der Waals surface area (Å²) in [5.41, 5.74) is 0.564. The van der Waals surface area contributed by atoms with E-state index in [0.29, 0.717) is 17.1 Å². The Balaban J connectivity index is 2.33. The highest BCUT2D eigenvalue weighted by atomic mass is 16.5. The molecule has 0 spiro atoms. The molecule has 1 aromatic carbocycles. The van der Waals surface area contributed by atoms with Crippen LogP contribution in [0.4, 0.5) is 0 Å². The first-order valence-corrected chi connectivity index (χ1v) is 5.61. The van der Waals surface area contributed by atoms with Crippen LogP contribution in [0.2, 0.25) is 0 Å². The van der Waals surface area contributed by atoms with Crippen molar-refractivity contribution in [1.82, 2.24) is 0 Å². The number of hydrogen-bond acceptors (Lipinski definition) is 5. The zero-order chi connectivity index (χ0) is 14.0. The topological polar surface area (TPSA) is 69.7 Å². The quantitative estimate of drug-likeness (QED) is 0.603. The van der Waals surface area contributed by atoms with Crippen LogP contribution in [-0.2, 0) is 9.59 Å². The van der Waals surface area contributed by atoms with Gasteiger partial charge in [0, 0.05) is 17.6 Å². The summed E-state index contributed by atoms with van der Waals surface area (Å²) in [4.78, 5) is 34.4. The van der Waals surface area contributed by atoms with E-state index in [0.717, 1.165) is 6.08 Å². The van der Waals surface area contributed by atoms with Crippen LogP contribution in [0.3, 0.4) is 0 Å². The van der Waals surface area contributed by atoms with E-state index in [-0.39, 0.29) is 17.8 Å². The van der Waals surface area contributed by atoms with E-state index in [1.807, 2.05) is 0 Å². The standard InChI is InChI=1S/C14H12O5/c1-18-12-4-3-8(7-13(12)19-2)14(17)9-5-10(15)11(16)6-9/h3-5,7H,6H2,1-2H3. The van der Waals surface area contributed by atoms with Gasteiger partial charge in [0.15, 0.2) is 17.3 Å². The molecule has 1 aliphatic rings. The molecule has 0 bridgehead atoms. The van der Waals surface area contributed by atoms with Gasteiger partial charge in [0.05, 0.1) is 14.2 Å². The Morgan fingerprint density at radius 2 is 1.79 bits per heavy atom. The number of rotatable bonds is 4. The van der Waals surface area contributed by atoms with E-state index in [9.17, 15) is 14.4 Å². The lowest BCUT2D eigenvalue weighted by Gasteiger charge is -2.09. The Kier molecular flexibility index (Phi) is 3.46. The van der Waals surface area contributed by atoms with Gasteiger partial charge >= 0.3 is 0 Å². The molecule has 5 nitrogen and oxygen atoms in total. The van der Waals surface area contributed by atoms with Crippen LogP contribution in [-0.4, -0.2) is 31.6 Å². The third-order valence-electron chi connectivity index (χ3n) is 2.87. The summed E-state index contributed by atoms with van der Waals surface area (Å²) in [5.74, 6) is -0.594. The van der Waals surface area contributed by atoms with Gasteiger partial charge in [-0.2, -0.15) is 0 Å². The molecular formula is C14H12O5. The highest BCUT2D eigenvalue weighted by molar-refractivity contribution is 6.47. The summed E-state index contributed by atoms with van der Waals surface area (Å²) in [6.07, 6.45) is 0.966. The van der Waals surface area contributed by atoms with Gasteiger partial charge in [0.1, 0.15) is 0 Å². The molecule has 0 fully saturated rings. The van der Waals surface area contributed by atoms with Crippen LogP contribution >= 0.6 is 0 Å². The summed E-state index contributed by atoms with van der Waals surface area (Å²) in [6, 6.07) is 4.69. The van der Waals surface area contributed by atoms with Crippen molar-refractivity contribution in [2.45, 2.75) is 6.42 Å². The zero-order valence-electron chi connectivity index (χ0n) is 10.6. The van der Waals surface area contributed by atoms with Crippen molar-refractivity contribution in [1.29, 1.82) is 0 Å². The normalized spacial score (nSPS) is 14.3. The Labute approximate surface area is 109 Å². The second kappa shape index (κ2) is 5.06. The molecule has 0 amide bonds. The lowest BCUT2D eigenvalue weighted by atomic mass is 10.0. The molecule has 0 N–H and O–H groups in total. The van der Waals surface area contributed by atoms with Crippen LogP contribution < -0.4 is 9.47 Å². The number of ketones is 3. The predicted octanol–water partition coefficient (Wildman–Crippen LogP) is 1.35. The third-order valence-corrected chi connectivity index (χ3v) is 2.87. The molecule has 0 radical (unpaired) electrons. The van der Waals surface area contributed by atoms with E-state index in [2.05, 4.69) is 0 Å². The maximum Gasteiger partial charge on any atom is 0.222 e. The average molecular weight is 260 g/mol. The van der Waals surface area contributed by atoms with Gasteiger partial charge in [-0.15, -0.1) is 0 Å². The van der Waals surface area contributed by atoms with Crippen molar-refractivity contribution in [3.8, 4) is 11.5 Å². The van der Waals surface area contributed by atoms with Gasteiger partial charge in [0.2, 0.25) is 11.6 Å². The zero-order valence-corrected chi connectivity index (χ0v) is 10.6. The minimum absolute atomic E-state index is 0.133. The fourth-order valence-corrected chi connectivity index (χ4v) is 1.86. The summed E-state index contributed by atoms with van der Waals surface area (Å²) in [5, 5.41) is 0. The summed E-state index contributed by atoms with van der Waals surface area (Å²) >= 11 is 0. The Morgan fingerprint density at radius 1 is 1.11 bits per heavy atom. The van der Waals surface area contributed by atoms with Gasteiger partial charge in [-0.3, -0.25) is 14.4 Å². The molecule has 0 saturated carbocycles. The molecular weight excluding hydrogens is 248 g/mol. The van der Waals surface area contributed by atoms with Crippen LogP contribution in [0, 0.1) is 0 Å².